The Morgan fingerprint density at radius 1 is 1.22 bits per heavy atom. The molecule has 0 spiro atoms. The first-order valence-electron chi connectivity index (χ1n) is 8.68. The van der Waals surface area contributed by atoms with Crippen molar-refractivity contribution in [2.75, 3.05) is 0 Å². The lowest BCUT2D eigenvalue weighted by Gasteiger charge is -2.15. The predicted octanol–water partition coefficient (Wildman–Crippen LogP) is 3.87. The molecule has 0 aliphatic carbocycles. The number of para-hydroxylation sites is 1. The summed E-state index contributed by atoms with van der Waals surface area (Å²) < 4.78 is 1.60. The summed E-state index contributed by atoms with van der Waals surface area (Å²) in [5.41, 5.74) is 1.41. The van der Waals surface area contributed by atoms with Crippen molar-refractivity contribution in [1.82, 2.24) is 14.9 Å². The lowest BCUT2D eigenvalue weighted by atomic mass is 10.2. The first kappa shape index (κ1) is 19.5. The van der Waals surface area contributed by atoms with Crippen LogP contribution in [-0.2, 0) is 17.9 Å². The molecule has 2 aromatic carbocycles. The van der Waals surface area contributed by atoms with E-state index in [9.17, 15) is 9.59 Å². The molecule has 27 heavy (non-hydrogen) atoms. The van der Waals surface area contributed by atoms with Gasteiger partial charge < -0.3 is 5.32 Å². The zero-order valence-electron chi connectivity index (χ0n) is 15.1. The van der Waals surface area contributed by atoms with Crippen molar-refractivity contribution in [2.24, 2.45) is 0 Å². The van der Waals surface area contributed by atoms with E-state index in [0.717, 1.165) is 5.56 Å². The highest BCUT2D eigenvalue weighted by atomic mass is 35.5. The number of carbonyl (C=O) groups is 1. The number of aromatic nitrogens is 2. The molecule has 0 saturated heterocycles. The smallest absolute Gasteiger partial charge is 0.262 e. The summed E-state index contributed by atoms with van der Waals surface area (Å²) in [6.45, 7) is 4.54. The number of hydrogen-bond donors (Lipinski definition) is 1. The molecular formula is C20H20ClN3O2S. The molecule has 1 atom stereocenters. The van der Waals surface area contributed by atoms with Crippen molar-refractivity contribution < 1.29 is 4.79 Å². The molecule has 0 saturated carbocycles. The third-order valence-corrected chi connectivity index (χ3v) is 5.66. The maximum Gasteiger partial charge on any atom is 0.262 e. The van der Waals surface area contributed by atoms with Crippen LogP contribution in [0.4, 0.5) is 0 Å². The zero-order valence-corrected chi connectivity index (χ0v) is 16.7. The lowest BCUT2D eigenvalue weighted by molar-refractivity contribution is -0.120. The molecule has 3 aromatic rings. The fourth-order valence-electron chi connectivity index (χ4n) is 2.70. The SMILES string of the molecule is CCn1c(SC(C)C(=O)NCc2ccccc2Cl)nc2ccccc2c1=O. The Kier molecular flexibility index (Phi) is 6.19. The van der Waals surface area contributed by atoms with Crippen LogP contribution in [-0.4, -0.2) is 20.7 Å². The Bertz CT molecular complexity index is 1040. The molecule has 0 aliphatic heterocycles. The molecule has 1 N–H and O–H groups in total. The van der Waals surface area contributed by atoms with Gasteiger partial charge in [-0.25, -0.2) is 4.98 Å². The van der Waals surface area contributed by atoms with Crippen LogP contribution in [0.5, 0.6) is 0 Å². The van der Waals surface area contributed by atoms with Crippen molar-refractivity contribution in [3.8, 4) is 0 Å². The third-order valence-electron chi connectivity index (χ3n) is 4.21. The van der Waals surface area contributed by atoms with E-state index < -0.39 is 5.25 Å². The lowest BCUT2D eigenvalue weighted by Crippen LogP contribution is -2.31. The molecule has 7 heteroatoms. The Morgan fingerprint density at radius 2 is 1.93 bits per heavy atom. The molecule has 0 radical (unpaired) electrons. The number of nitrogens with one attached hydrogen (secondary N) is 1. The van der Waals surface area contributed by atoms with Gasteiger partial charge in [-0.2, -0.15) is 0 Å². The van der Waals surface area contributed by atoms with Crippen LogP contribution in [0, 0.1) is 0 Å². The minimum absolute atomic E-state index is 0.0886. The van der Waals surface area contributed by atoms with E-state index in [1.807, 2.05) is 43.3 Å². The number of amides is 1. The molecule has 5 nitrogen and oxygen atoms in total. The number of halogens is 1. The van der Waals surface area contributed by atoms with E-state index in [0.29, 0.717) is 34.2 Å². The molecule has 1 unspecified atom stereocenters. The minimum Gasteiger partial charge on any atom is -0.351 e. The van der Waals surface area contributed by atoms with E-state index in [1.54, 1.807) is 23.6 Å². The van der Waals surface area contributed by atoms with Gasteiger partial charge in [0.1, 0.15) is 0 Å². The second-order valence-corrected chi connectivity index (χ2v) is 7.75. The zero-order chi connectivity index (χ0) is 19.4. The van der Waals surface area contributed by atoms with Gasteiger partial charge in [-0.1, -0.05) is 53.7 Å². The van der Waals surface area contributed by atoms with Gasteiger partial charge in [0.15, 0.2) is 5.16 Å². The van der Waals surface area contributed by atoms with E-state index >= 15 is 0 Å². The van der Waals surface area contributed by atoms with Gasteiger partial charge in [-0.05, 0) is 37.6 Å². The number of nitrogens with zero attached hydrogens (tertiary/aromatic N) is 2. The molecule has 3 rings (SSSR count). The Balaban J connectivity index is 1.77. The number of rotatable bonds is 6. The average Bonchev–Trinajstić information content (AvgIpc) is 2.67. The minimum atomic E-state index is -0.404. The third kappa shape index (κ3) is 4.34. The van der Waals surface area contributed by atoms with E-state index in [4.69, 9.17) is 11.6 Å². The van der Waals surface area contributed by atoms with Gasteiger partial charge in [0.25, 0.3) is 5.56 Å². The summed E-state index contributed by atoms with van der Waals surface area (Å²) in [6, 6.07) is 14.6. The summed E-state index contributed by atoms with van der Waals surface area (Å²) in [4.78, 5) is 29.8. The number of thioether (sulfide) groups is 1. The van der Waals surface area contributed by atoms with Crippen LogP contribution in [0.25, 0.3) is 10.9 Å². The van der Waals surface area contributed by atoms with Crippen LogP contribution in [0.3, 0.4) is 0 Å². The number of carbonyl (C=O) groups excluding carboxylic acids is 1. The van der Waals surface area contributed by atoms with E-state index in [1.165, 1.54) is 11.8 Å². The summed E-state index contributed by atoms with van der Waals surface area (Å²) in [6.07, 6.45) is 0. The van der Waals surface area contributed by atoms with Crippen molar-refractivity contribution in [3.63, 3.8) is 0 Å². The highest BCUT2D eigenvalue weighted by molar-refractivity contribution is 8.00. The standard InChI is InChI=1S/C20H20ClN3O2S/c1-3-24-19(26)15-9-5-7-11-17(15)23-20(24)27-13(2)18(25)22-12-14-8-4-6-10-16(14)21/h4-11,13H,3,12H2,1-2H3,(H,22,25). The van der Waals surface area contributed by atoms with Gasteiger partial charge in [0, 0.05) is 18.1 Å². The normalized spacial score (nSPS) is 12.1. The van der Waals surface area contributed by atoms with Crippen LogP contribution < -0.4 is 10.9 Å². The van der Waals surface area contributed by atoms with Gasteiger partial charge >= 0.3 is 0 Å². The van der Waals surface area contributed by atoms with Crippen LogP contribution in [0.2, 0.25) is 5.02 Å². The monoisotopic (exact) mass is 401 g/mol. The van der Waals surface area contributed by atoms with Gasteiger partial charge in [0.2, 0.25) is 5.91 Å². The number of hydrogen-bond acceptors (Lipinski definition) is 4. The molecule has 1 aromatic heterocycles. The Hall–Kier alpha value is -2.31. The topological polar surface area (TPSA) is 64.0 Å². The summed E-state index contributed by atoms with van der Waals surface area (Å²) in [5.74, 6) is -0.134. The average molecular weight is 402 g/mol. The van der Waals surface area contributed by atoms with Crippen molar-refractivity contribution >= 4 is 40.2 Å². The second kappa shape index (κ2) is 8.59. The van der Waals surface area contributed by atoms with Crippen LogP contribution in [0.15, 0.2) is 58.5 Å². The highest BCUT2D eigenvalue weighted by Crippen LogP contribution is 2.23. The maximum absolute atomic E-state index is 12.7. The fourth-order valence-corrected chi connectivity index (χ4v) is 3.90. The highest BCUT2D eigenvalue weighted by Gasteiger charge is 2.19. The second-order valence-electron chi connectivity index (χ2n) is 6.03. The first-order valence-corrected chi connectivity index (χ1v) is 9.94. The molecule has 1 heterocycles. The first-order chi connectivity index (χ1) is 13.0. The van der Waals surface area contributed by atoms with Crippen molar-refractivity contribution in [1.29, 1.82) is 0 Å². The Labute approximate surface area is 166 Å². The molecule has 0 fully saturated rings. The van der Waals surface area contributed by atoms with Gasteiger partial charge in [-0.3, -0.25) is 14.2 Å². The molecule has 0 aliphatic rings. The molecule has 140 valence electrons. The number of fused-ring (bicyclic) bond motifs is 1. The summed E-state index contributed by atoms with van der Waals surface area (Å²) in [7, 11) is 0. The summed E-state index contributed by atoms with van der Waals surface area (Å²) in [5, 5.41) is 4.23. The molecular weight excluding hydrogens is 382 g/mol. The van der Waals surface area contributed by atoms with Crippen molar-refractivity contribution in [2.45, 2.75) is 37.3 Å². The molecule has 0 bridgehead atoms. The van der Waals surface area contributed by atoms with Crippen LogP contribution in [0.1, 0.15) is 19.4 Å². The van der Waals surface area contributed by atoms with Crippen molar-refractivity contribution in [3.05, 3.63) is 69.5 Å². The van der Waals surface area contributed by atoms with E-state index in [-0.39, 0.29) is 11.5 Å². The Morgan fingerprint density at radius 3 is 2.67 bits per heavy atom. The quantitative estimate of drug-likeness (QED) is 0.503. The maximum atomic E-state index is 12.7. The largest absolute Gasteiger partial charge is 0.351 e. The number of benzene rings is 2. The van der Waals surface area contributed by atoms with Crippen LogP contribution >= 0.6 is 23.4 Å². The molecule has 1 amide bonds. The predicted molar refractivity (Wildman–Crippen MR) is 110 cm³/mol. The van der Waals surface area contributed by atoms with E-state index in [2.05, 4.69) is 10.3 Å². The summed E-state index contributed by atoms with van der Waals surface area (Å²) >= 11 is 7.40. The fraction of sp³-hybridized carbons (Fsp3) is 0.250. The van der Waals surface area contributed by atoms with Gasteiger partial charge in [0.05, 0.1) is 16.2 Å². The van der Waals surface area contributed by atoms with Gasteiger partial charge in [-0.15, -0.1) is 0 Å².